The first-order valence-electron chi connectivity index (χ1n) is 4.50. The highest BCUT2D eigenvalue weighted by molar-refractivity contribution is 6.55. The van der Waals surface area contributed by atoms with E-state index < -0.39 is 0 Å². The maximum absolute atomic E-state index is 5.56. The molecule has 0 saturated heterocycles. The van der Waals surface area contributed by atoms with E-state index in [0.29, 0.717) is 4.49 Å². The Hall–Kier alpha value is -0.510. The Kier molecular flexibility index (Phi) is 3.11. The Morgan fingerprint density at radius 2 is 2.50 bits per heavy atom. The number of H-pyrrole nitrogens is 1. The van der Waals surface area contributed by atoms with Crippen molar-refractivity contribution in [2.45, 2.75) is 13.0 Å². The minimum absolute atomic E-state index is 0.336. The highest BCUT2D eigenvalue weighted by Crippen LogP contribution is 2.16. The van der Waals surface area contributed by atoms with E-state index in [1.54, 1.807) is 0 Å². The van der Waals surface area contributed by atoms with Gasteiger partial charge in [0.2, 0.25) is 0 Å². The van der Waals surface area contributed by atoms with Crippen molar-refractivity contribution in [3.05, 3.63) is 28.0 Å². The highest BCUT2D eigenvalue weighted by Gasteiger charge is 2.16. The lowest BCUT2D eigenvalue weighted by molar-refractivity contribution is 0.281. The van der Waals surface area contributed by atoms with E-state index in [9.17, 15) is 0 Å². The third-order valence-corrected chi connectivity index (χ3v) is 2.69. The first-order chi connectivity index (χ1) is 6.75. The first-order valence-corrected chi connectivity index (χ1v) is 5.26. The van der Waals surface area contributed by atoms with Crippen LogP contribution in [-0.4, -0.2) is 28.2 Å². The molecule has 76 valence electrons. The second-order valence-corrected chi connectivity index (χ2v) is 4.36. The molecule has 1 aromatic rings. The van der Waals surface area contributed by atoms with E-state index in [1.807, 2.05) is 12.3 Å². The minimum atomic E-state index is 0.336. The van der Waals surface area contributed by atoms with Gasteiger partial charge in [-0.25, -0.2) is 0 Å². The molecule has 0 aromatic carbocycles. The predicted molar refractivity (Wildman–Crippen MR) is 57.4 cm³/mol. The van der Waals surface area contributed by atoms with Crippen molar-refractivity contribution in [2.75, 3.05) is 13.1 Å². The zero-order valence-corrected chi connectivity index (χ0v) is 9.15. The number of aromatic nitrogens is 2. The molecule has 2 heterocycles. The third-order valence-electron chi connectivity index (χ3n) is 2.38. The fourth-order valence-electron chi connectivity index (χ4n) is 1.63. The van der Waals surface area contributed by atoms with Gasteiger partial charge in [-0.05, 0) is 6.08 Å². The molecule has 5 heteroatoms. The summed E-state index contributed by atoms with van der Waals surface area (Å²) in [6.45, 7) is 2.74. The van der Waals surface area contributed by atoms with E-state index in [1.165, 1.54) is 11.3 Å². The average Bonchev–Trinajstić information content (AvgIpc) is 2.61. The lowest BCUT2D eigenvalue weighted by Gasteiger charge is -2.24. The van der Waals surface area contributed by atoms with Crippen LogP contribution in [0.3, 0.4) is 0 Å². The van der Waals surface area contributed by atoms with Gasteiger partial charge in [0.25, 0.3) is 0 Å². The molecule has 14 heavy (non-hydrogen) atoms. The van der Waals surface area contributed by atoms with Crippen molar-refractivity contribution < 1.29 is 0 Å². The Bertz CT molecular complexity index is 342. The summed E-state index contributed by atoms with van der Waals surface area (Å²) in [5.41, 5.74) is 2.53. The molecule has 0 saturated carbocycles. The fraction of sp³-hybridized carbons (Fsp3) is 0.444. The van der Waals surface area contributed by atoms with Crippen molar-refractivity contribution in [2.24, 2.45) is 0 Å². The fourth-order valence-corrected chi connectivity index (χ4v) is 1.77. The molecule has 0 bridgehead atoms. The quantitative estimate of drug-likeness (QED) is 0.846. The van der Waals surface area contributed by atoms with Crippen molar-refractivity contribution >= 4 is 23.2 Å². The lowest BCUT2D eigenvalue weighted by Crippen LogP contribution is -2.30. The summed E-state index contributed by atoms with van der Waals surface area (Å²) in [4.78, 5) is 2.28. The van der Waals surface area contributed by atoms with Gasteiger partial charge >= 0.3 is 0 Å². The molecule has 1 aliphatic rings. The zero-order chi connectivity index (χ0) is 9.97. The summed E-state index contributed by atoms with van der Waals surface area (Å²) in [5.74, 6) is 0. The van der Waals surface area contributed by atoms with E-state index in [2.05, 4.69) is 15.1 Å². The standard InChI is InChI=1S/C9H11Cl2N3/c10-9(11)2-4-14-3-1-8-7(6-14)5-12-13-8/h2,5H,1,3-4,6H2,(H,12,13). The summed E-state index contributed by atoms with van der Waals surface area (Å²) in [5, 5.41) is 7.01. The van der Waals surface area contributed by atoms with Crippen LogP contribution in [-0.2, 0) is 13.0 Å². The first kappa shape index (κ1) is 10.0. The van der Waals surface area contributed by atoms with Crippen LogP contribution in [0.5, 0.6) is 0 Å². The number of aromatic amines is 1. The van der Waals surface area contributed by atoms with Crippen molar-refractivity contribution in [1.82, 2.24) is 15.1 Å². The molecular weight excluding hydrogens is 221 g/mol. The lowest BCUT2D eigenvalue weighted by atomic mass is 10.1. The molecule has 0 fully saturated rings. The number of nitrogens with one attached hydrogen (secondary N) is 1. The summed E-state index contributed by atoms with van der Waals surface area (Å²) >= 11 is 11.1. The van der Waals surface area contributed by atoms with E-state index in [4.69, 9.17) is 23.2 Å². The van der Waals surface area contributed by atoms with Crippen molar-refractivity contribution in [3.63, 3.8) is 0 Å². The topological polar surface area (TPSA) is 31.9 Å². The van der Waals surface area contributed by atoms with Gasteiger partial charge in [0.05, 0.1) is 6.20 Å². The summed E-state index contributed by atoms with van der Waals surface area (Å²) in [6, 6.07) is 0. The maximum atomic E-state index is 5.56. The van der Waals surface area contributed by atoms with Crippen LogP contribution in [0.1, 0.15) is 11.3 Å². The molecule has 0 spiro atoms. The van der Waals surface area contributed by atoms with Crippen LogP contribution in [0, 0.1) is 0 Å². The van der Waals surface area contributed by atoms with Crippen LogP contribution in [0.2, 0.25) is 0 Å². The highest BCUT2D eigenvalue weighted by atomic mass is 35.5. The van der Waals surface area contributed by atoms with Gasteiger partial charge in [-0.15, -0.1) is 0 Å². The Morgan fingerprint density at radius 3 is 3.29 bits per heavy atom. The summed E-state index contributed by atoms with van der Waals surface area (Å²) in [7, 11) is 0. The molecule has 0 aliphatic carbocycles. The third kappa shape index (κ3) is 2.29. The van der Waals surface area contributed by atoms with Crippen molar-refractivity contribution in [3.8, 4) is 0 Å². The molecule has 1 aliphatic heterocycles. The smallest absolute Gasteiger partial charge is 0.104 e. The molecule has 3 nitrogen and oxygen atoms in total. The zero-order valence-electron chi connectivity index (χ0n) is 7.63. The van der Waals surface area contributed by atoms with Crippen LogP contribution in [0.4, 0.5) is 0 Å². The van der Waals surface area contributed by atoms with Crippen LogP contribution >= 0.6 is 23.2 Å². The van der Waals surface area contributed by atoms with Gasteiger partial charge in [-0.2, -0.15) is 5.10 Å². The number of fused-ring (bicyclic) bond motifs is 1. The largest absolute Gasteiger partial charge is 0.295 e. The number of halogens is 2. The van der Waals surface area contributed by atoms with E-state index >= 15 is 0 Å². The minimum Gasteiger partial charge on any atom is -0.295 e. The monoisotopic (exact) mass is 231 g/mol. The number of rotatable bonds is 2. The normalized spacial score (nSPS) is 16.4. The van der Waals surface area contributed by atoms with Crippen LogP contribution in [0.25, 0.3) is 0 Å². The number of hydrogen-bond acceptors (Lipinski definition) is 2. The molecule has 0 unspecified atom stereocenters. The van der Waals surface area contributed by atoms with Gasteiger partial charge in [0, 0.05) is 37.3 Å². The molecule has 0 amide bonds. The second kappa shape index (κ2) is 4.34. The van der Waals surface area contributed by atoms with Crippen LogP contribution in [0.15, 0.2) is 16.8 Å². The van der Waals surface area contributed by atoms with Gasteiger partial charge in [-0.3, -0.25) is 10.00 Å². The Balaban J connectivity index is 1.98. The Morgan fingerprint density at radius 1 is 1.64 bits per heavy atom. The second-order valence-electron chi connectivity index (χ2n) is 3.35. The van der Waals surface area contributed by atoms with Gasteiger partial charge in [-0.1, -0.05) is 23.2 Å². The maximum Gasteiger partial charge on any atom is 0.104 e. The summed E-state index contributed by atoms with van der Waals surface area (Å²) < 4.78 is 0.336. The molecule has 2 rings (SSSR count). The predicted octanol–water partition coefficient (Wildman–Crippen LogP) is 2.09. The van der Waals surface area contributed by atoms with Crippen molar-refractivity contribution in [1.29, 1.82) is 0 Å². The van der Waals surface area contributed by atoms with E-state index in [-0.39, 0.29) is 0 Å². The SMILES string of the molecule is ClC(Cl)=CCN1CCc2[nH]ncc2C1. The molecule has 0 atom stereocenters. The van der Waals surface area contributed by atoms with Gasteiger partial charge in [0.1, 0.15) is 4.49 Å². The van der Waals surface area contributed by atoms with Crippen LogP contribution < -0.4 is 0 Å². The number of hydrogen-bond donors (Lipinski definition) is 1. The van der Waals surface area contributed by atoms with Gasteiger partial charge < -0.3 is 0 Å². The van der Waals surface area contributed by atoms with Gasteiger partial charge in [0.15, 0.2) is 0 Å². The molecular formula is C9H11Cl2N3. The average molecular weight is 232 g/mol. The molecule has 1 N–H and O–H groups in total. The molecule has 1 aromatic heterocycles. The number of nitrogens with zero attached hydrogens (tertiary/aromatic N) is 2. The summed E-state index contributed by atoms with van der Waals surface area (Å²) in [6.07, 6.45) is 4.71. The Labute approximate surface area is 92.7 Å². The van der Waals surface area contributed by atoms with E-state index in [0.717, 1.165) is 26.1 Å². The molecule has 0 radical (unpaired) electrons.